The first kappa shape index (κ1) is 12.3. The lowest BCUT2D eigenvalue weighted by Crippen LogP contribution is -2.14. The monoisotopic (exact) mass is 247 g/mol. The summed E-state index contributed by atoms with van der Waals surface area (Å²) in [5.41, 5.74) is -0.114. The normalized spacial score (nSPS) is 10.5. The Bertz CT molecular complexity index is 532. The average molecular weight is 247 g/mol. The molecule has 6 nitrogen and oxygen atoms in total. The zero-order valence-corrected chi connectivity index (χ0v) is 10.4. The number of rotatable bonds is 6. The summed E-state index contributed by atoms with van der Waals surface area (Å²) in [4.78, 5) is 18.3. The second-order valence-electron chi connectivity index (χ2n) is 3.98. The largest absolute Gasteiger partial charge is 0.370 e. The van der Waals surface area contributed by atoms with Crippen LogP contribution in [-0.2, 0) is 13.0 Å². The third-order valence-electron chi connectivity index (χ3n) is 2.55. The molecule has 0 aliphatic carbocycles. The molecule has 0 radical (unpaired) electrons. The number of aromatic nitrogens is 4. The summed E-state index contributed by atoms with van der Waals surface area (Å²) in [5.74, 6) is 1.34. The Hall–Kier alpha value is -2.11. The van der Waals surface area contributed by atoms with E-state index in [-0.39, 0.29) is 5.56 Å². The molecule has 0 atom stereocenters. The first-order chi connectivity index (χ1) is 8.78. The highest BCUT2D eigenvalue weighted by Gasteiger charge is 1.99. The van der Waals surface area contributed by atoms with Crippen LogP contribution in [0, 0.1) is 0 Å². The van der Waals surface area contributed by atoms with E-state index in [0.717, 1.165) is 25.9 Å². The van der Waals surface area contributed by atoms with E-state index in [2.05, 4.69) is 20.4 Å². The number of H-pyrrole nitrogens is 1. The van der Waals surface area contributed by atoms with Crippen molar-refractivity contribution in [3.05, 3.63) is 40.7 Å². The van der Waals surface area contributed by atoms with Crippen LogP contribution < -0.4 is 10.9 Å². The number of nitrogens with one attached hydrogen (secondary N) is 2. The van der Waals surface area contributed by atoms with Crippen molar-refractivity contribution < 1.29 is 0 Å². The average Bonchev–Trinajstić information content (AvgIpc) is 2.87. The second-order valence-corrected chi connectivity index (χ2v) is 3.98. The smallest absolute Gasteiger partial charge is 0.252 e. The SMILES string of the molecule is CCc1nc(NCCCn2cccn2)cc(=O)[nH]1. The highest BCUT2D eigenvalue weighted by Crippen LogP contribution is 2.00. The van der Waals surface area contributed by atoms with Gasteiger partial charge in [-0.1, -0.05) is 6.92 Å². The van der Waals surface area contributed by atoms with Crippen LogP contribution in [0.1, 0.15) is 19.2 Å². The molecule has 0 saturated carbocycles. The van der Waals surface area contributed by atoms with Gasteiger partial charge in [-0.15, -0.1) is 0 Å². The van der Waals surface area contributed by atoms with E-state index in [0.29, 0.717) is 11.6 Å². The van der Waals surface area contributed by atoms with Crippen LogP contribution in [0.4, 0.5) is 5.82 Å². The standard InChI is InChI=1S/C12H17N5O/c1-2-10-15-11(9-12(18)16-10)13-5-3-7-17-8-4-6-14-17/h4,6,8-9H,2-3,5,7H2,1H3,(H2,13,15,16,18). The van der Waals surface area contributed by atoms with Crippen LogP contribution >= 0.6 is 0 Å². The highest BCUT2D eigenvalue weighted by atomic mass is 16.1. The zero-order valence-electron chi connectivity index (χ0n) is 10.4. The summed E-state index contributed by atoms with van der Waals surface area (Å²) in [5, 5.41) is 7.27. The fraction of sp³-hybridized carbons (Fsp3) is 0.417. The third-order valence-corrected chi connectivity index (χ3v) is 2.55. The van der Waals surface area contributed by atoms with E-state index < -0.39 is 0 Å². The molecule has 0 saturated heterocycles. The maximum Gasteiger partial charge on any atom is 0.252 e. The molecule has 0 aromatic carbocycles. The van der Waals surface area contributed by atoms with Crippen LogP contribution in [0.3, 0.4) is 0 Å². The number of anilines is 1. The van der Waals surface area contributed by atoms with Crippen molar-refractivity contribution in [2.24, 2.45) is 0 Å². The molecular formula is C12H17N5O. The molecule has 0 aliphatic rings. The van der Waals surface area contributed by atoms with Gasteiger partial charge in [0.25, 0.3) is 5.56 Å². The van der Waals surface area contributed by atoms with E-state index in [9.17, 15) is 4.79 Å². The van der Waals surface area contributed by atoms with Crippen molar-refractivity contribution in [1.82, 2.24) is 19.7 Å². The summed E-state index contributed by atoms with van der Waals surface area (Å²) in [7, 11) is 0. The maximum absolute atomic E-state index is 11.3. The van der Waals surface area contributed by atoms with Crippen molar-refractivity contribution in [2.45, 2.75) is 26.3 Å². The summed E-state index contributed by atoms with van der Waals surface area (Å²) in [6.07, 6.45) is 5.34. The molecule has 96 valence electrons. The topological polar surface area (TPSA) is 75.6 Å². The quantitative estimate of drug-likeness (QED) is 0.748. The Morgan fingerprint density at radius 3 is 3.11 bits per heavy atom. The number of aryl methyl sites for hydroxylation is 2. The van der Waals surface area contributed by atoms with Gasteiger partial charge >= 0.3 is 0 Å². The molecule has 2 aromatic rings. The molecule has 0 bridgehead atoms. The molecule has 2 rings (SSSR count). The maximum atomic E-state index is 11.3. The van der Waals surface area contributed by atoms with Crippen LogP contribution in [0.5, 0.6) is 0 Å². The van der Waals surface area contributed by atoms with Crippen LogP contribution in [-0.4, -0.2) is 26.3 Å². The first-order valence-electron chi connectivity index (χ1n) is 6.09. The molecule has 0 fully saturated rings. The minimum atomic E-state index is -0.114. The van der Waals surface area contributed by atoms with Gasteiger partial charge < -0.3 is 10.3 Å². The Morgan fingerprint density at radius 1 is 1.50 bits per heavy atom. The highest BCUT2D eigenvalue weighted by molar-refractivity contribution is 5.32. The van der Waals surface area contributed by atoms with Crippen LogP contribution in [0.15, 0.2) is 29.3 Å². The van der Waals surface area contributed by atoms with Gasteiger partial charge in [-0.2, -0.15) is 5.10 Å². The van der Waals surface area contributed by atoms with E-state index in [1.165, 1.54) is 6.07 Å². The van der Waals surface area contributed by atoms with Crippen molar-refractivity contribution in [2.75, 3.05) is 11.9 Å². The number of hydrogen-bond acceptors (Lipinski definition) is 4. The fourth-order valence-corrected chi connectivity index (χ4v) is 1.66. The van der Waals surface area contributed by atoms with Gasteiger partial charge in [0.15, 0.2) is 0 Å². The Kier molecular flexibility index (Phi) is 4.11. The summed E-state index contributed by atoms with van der Waals surface area (Å²) in [6.45, 7) is 3.57. The van der Waals surface area contributed by atoms with E-state index in [1.807, 2.05) is 23.9 Å². The first-order valence-corrected chi connectivity index (χ1v) is 6.09. The predicted octanol–water partition coefficient (Wildman–Crippen LogP) is 1.03. The van der Waals surface area contributed by atoms with Crippen molar-refractivity contribution in [3.63, 3.8) is 0 Å². The van der Waals surface area contributed by atoms with Gasteiger partial charge in [-0.25, -0.2) is 4.98 Å². The van der Waals surface area contributed by atoms with E-state index in [1.54, 1.807) is 6.20 Å². The summed E-state index contributed by atoms with van der Waals surface area (Å²) >= 11 is 0. The van der Waals surface area contributed by atoms with Gasteiger partial charge in [0.05, 0.1) is 0 Å². The fourth-order valence-electron chi connectivity index (χ4n) is 1.66. The summed E-state index contributed by atoms with van der Waals surface area (Å²) < 4.78 is 1.88. The van der Waals surface area contributed by atoms with Gasteiger partial charge in [0.1, 0.15) is 11.6 Å². The number of nitrogens with zero attached hydrogens (tertiary/aromatic N) is 3. The number of hydrogen-bond donors (Lipinski definition) is 2. The molecule has 0 spiro atoms. The minimum Gasteiger partial charge on any atom is -0.370 e. The summed E-state index contributed by atoms with van der Waals surface area (Å²) in [6, 6.07) is 3.38. The molecule has 18 heavy (non-hydrogen) atoms. The van der Waals surface area contributed by atoms with Gasteiger partial charge in [0.2, 0.25) is 0 Å². The van der Waals surface area contributed by atoms with Crippen molar-refractivity contribution in [3.8, 4) is 0 Å². The lowest BCUT2D eigenvalue weighted by atomic mass is 10.4. The molecule has 2 N–H and O–H groups in total. The molecule has 0 amide bonds. The van der Waals surface area contributed by atoms with Crippen LogP contribution in [0.25, 0.3) is 0 Å². The van der Waals surface area contributed by atoms with Crippen molar-refractivity contribution >= 4 is 5.82 Å². The van der Waals surface area contributed by atoms with Gasteiger partial charge in [-0.05, 0) is 12.5 Å². The minimum absolute atomic E-state index is 0.114. The second kappa shape index (κ2) is 6.00. The Labute approximate surface area is 105 Å². The molecular weight excluding hydrogens is 230 g/mol. The van der Waals surface area contributed by atoms with Crippen molar-refractivity contribution in [1.29, 1.82) is 0 Å². The lowest BCUT2D eigenvalue weighted by molar-refractivity contribution is 0.591. The van der Waals surface area contributed by atoms with E-state index in [4.69, 9.17) is 0 Å². The lowest BCUT2D eigenvalue weighted by Gasteiger charge is -2.06. The van der Waals surface area contributed by atoms with E-state index >= 15 is 0 Å². The van der Waals surface area contributed by atoms with Gasteiger partial charge in [0, 0.05) is 38.0 Å². The zero-order chi connectivity index (χ0) is 12.8. The predicted molar refractivity (Wildman–Crippen MR) is 69.6 cm³/mol. The Morgan fingerprint density at radius 2 is 2.39 bits per heavy atom. The molecule has 0 unspecified atom stereocenters. The third kappa shape index (κ3) is 3.44. The molecule has 6 heteroatoms. The molecule has 2 aromatic heterocycles. The molecule has 0 aliphatic heterocycles. The van der Waals surface area contributed by atoms with Gasteiger partial charge in [-0.3, -0.25) is 9.48 Å². The molecule has 2 heterocycles. The number of aromatic amines is 1. The Balaban J connectivity index is 1.83. The van der Waals surface area contributed by atoms with Crippen LogP contribution in [0.2, 0.25) is 0 Å².